The van der Waals surface area contributed by atoms with Crippen molar-refractivity contribution in [3.05, 3.63) is 52.0 Å². The molecule has 0 radical (unpaired) electrons. The van der Waals surface area contributed by atoms with E-state index in [-0.39, 0.29) is 17.4 Å². The van der Waals surface area contributed by atoms with E-state index in [1.165, 1.54) is 18.5 Å². The van der Waals surface area contributed by atoms with Gasteiger partial charge in [-0.25, -0.2) is 19.5 Å². The second-order valence-corrected chi connectivity index (χ2v) is 9.59. The van der Waals surface area contributed by atoms with Crippen molar-refractivity contribution < 1.29 is 4.74 Å². The molecule has 2 saturated heterocycles. The van der Waals surface area contributed by atoms with E-state index in [4.69, 9.17) is 14.8 Å². The van der Waals surface area contributed by atoms with Crippen LogP contribution in [0.2, 0.25) is 0 Å². The molecule has 3 aromatic heterocycles. The van der Waals surface area contributed by atoms with Gasteiger partial charge >= 0.3 is 0 Å². The van der Waals surface area contributed by atoms with E-state index in [0.717, 1.165) is 63.2 Å². The molecule has 2 aliphatic heterocycles. The second kappa shape index (κ2) is 8.04. The first-order valence-corrected chi connectivity index (χ1v) is 11.8. The fourth-order valence-corrected chi connectivity index (χ4v) is 5.18. The van der Waals surface area contributed by atoms with Gasteiger partial charge in [0.05, 0.1) is 12.7 Å². The molecule has 168 valence electrons. The standard InChI is InChI=1S/C23H29N7O2/c1-14-11-29(13-20-24-7-4-18(26-20)15-2-3-15)12-17(14)21-27-23(31)19-10-25-22(30(19)28-21)16-5-8-32-9-6-16/h4,7,10,14-17H,2-3,5-6,8-9,11-13H2,1H3,(H,27,28,31). The van der Waals surface area contributed by atoms with E-state index < -0.39 is 0 Å². The maximum Gasteiger partial charge on any atom is 0.276 e. The van der Waals surface area contributed by atoms with Crippen molar-refractivity contribution in [2.24, 2.45) is 5.92 Å². The van der Waals surface area contributed by atoms with Crippen LogP contribution in [0.1, 0.15) is 73.5 Å². The van der Waals surface area contributed by atoms with Crippen LogP contribution in [-0.2, 0) is 11.3 Å². The van der Waals surface area contributed by atoms with Gasteiger partial charge in [0.15, 0.2) is 5.52 Å². The molecule has 6 rings (SSSR count). The third kappa shape index (κ3) is 3.73. The quantitative estimate of drug-likeness (QED) is 0.656. The molecule has 9 heteroatoms. The van der Waals surface area contributed by atoms with Crippen LogP contribution in [0.3, 0.4) is 0 Å². The average molecular weight is 436 g/mol. The molecule has 0 amide bonds. The Balaban J connectivity index is 1.24. The van der Waals surface area contributed by atoms with Gasteiger partial charge < -0.3 is 9.72 Å². The first kappa shape index (κ1) is 20.0. The van der Waals surface area contributed by atoms with Crippen LogP contribution in [0.4, 0.5) is 0 Å². The van der Waals surface area contributed by atoms with Gasteiger partial charge in [0.1, 0.15) is 17.5 Å². The molecular formula is C23H29N7O2. The molecule has 3 aliphatic rings. The highest BCUT2D eigenvalue weighted by molar-refractivity contribution is 5.42. The largest absolute Gasteiger partial charge is 0.381 e. The zero-order valence-corrected chi connectivity index (χ0v) is 18.4. The predicted molar refractivity (Wildman–Crippen MR) is 118 cm³/mol. The van der Waals surface area contributed by atoms with E-state index in [1.54, 1.807) is 10.7 Å². The minimum Gasteiger partial charge on any atom is -0.381 e. The predicted octanol–water partition coefficient (Wildman–Crippen LogP) is 2.21. The van der Waals surface area contributed by atoms with Crippen LogP contribution < -0.4 is 5.56 Å². The number of likely N-dealkylation sites (tertiary alicyclic amines) is 1. The first-order valence-electron chi connectivity index (χ1n) is 11.8. The first-order chi connectivity index (χ1) is 15.7. The lowest BCUT2D eigenvalue weighted by Gasteiger charge is -2.21. The summed E-state index contributed by atoms with van der Waals surface area (Å²) in [5.74, 6) is 3.95. The summed E-state index contributed by atoms with van der Waals surface area (Å²) in [7, 11) is 0. The van der Waals surface area contributed by atoms with Crippen molar-refractivity contribution in [2.75, 3.05) is 26.3 Å². The number of hydrogen-bond acceptors (Lipinski definition) is 7. The molecule has 3 fully saturated rings. The lowest BCUT2D eigenvalue weighted by molar-refractivity contribution is 0.0832. The fraction of sp³-hybridized carbons (Fsp3) is 0.609. The number of nitrogens with zero attached hydrogens (tertiary/aromatic N) is 6. The van der Waals surface area contributed by atoms with Gasteiger partial charge in [0, 0.05) is 55.9 Å². The molecule has 2 unspecified atom stereocenters. The molecule has 0 bridgehead atoms. The van der Waals surface area contributed by atoms with Crippen molar-refractivity contribution in [1.82, 2.24) is 34.4 Å². The molecule has 3 aromatic rings. The van der Waals surface area contributed by atoms with Gasteiger partial charge in [-0.15, -0.1) is 0 Å². The van der Waals surface area contributed by atoms with E-state index >= 15 is 0 Å². The van der Waals surface area contributed by atoms with E-state index in [9.17, 15) is 4.79 Å². The SMILES string of the molecule is CC1CN(Cc2nccc(C3CC3)n2)CC1c1nn2c(C3CCOCC3)ncc2c(=O)[nH]1. The number of nitrogens with one attached hydrogen (secondary N) is 1. The monoisotopic (exact) mass is 435 g/mol. The molecular weight excluding hydrogens is 406 g/mol. The molecule has 1 aliphatic carbocycles. The molecule has 9 nitrogen and oxygen atoms in total. The van der Waals surface area contributed by atoms with Gasteiger partial charge in [-0.2, -0.15) is 5.10 Å². The van der Waals surface area contributed by atoms with Crippen molar-refractivity contribution in [3.8, 4) is 0 Å². The van der Waals surface area contributed by atoms with E-state index in [2.05, 4.69) is 26.8 Å². The zero-order chi connectivity index (χ0) is 21.7. The van der Waals surface area contributed by atoms with Crippen molar-refractivity contribution in [3.63, 3.8) is 0 Å². The summed E-state index contributed by atoms with van der Waals surface area (Å²) in [5, 5.41) is 4.89. The Bertz CT molecular complexity index is 1180. The number of hydrogen-bond donors (Lipinski definition) is 1. The van der Waals surface area contributed by atoms with Crippen LogP contribution in [0.5, 0.6) is 0 Å². The van der Waals surface area contributed by atoms with Gasteiger partial charge in [-0.1, -0.05) is 6.92 Å². The molecule has 1 saturated carbocycles. The highest BCUT2D eigenvalue weighted by Crippen LogP contribution is 2.39. The highest BCUT2D eigenvalue weighted by Gasteiger charge is 2.34. The molecule has 0 aromatic carbocycles. The Labute approximate surface area is 186 Å². The number of imidazole rings is 1. The topological polar surface area (TPSA) is 101 Å². The van der Waals surface area contributed by atoms with E-state index in [1.807, 2.05) is 12.3 Å². The van der Waals surface area contributed by atoms with Crippen LogP contribution in [0.15, 0.2) is 23.3 Å². The summed E-state index contributed by atoms with van der Waals surface area (Å²) in [6.45, 7) is 6.17. The van der Waals surface area contributed by atoms with Crippen molar-refractivity contribution in [1.29, 1.82) is 0 Å². The Morgan fingerprint density at radius 1 is 1.12 bits per heavy atom. The third-order valence-corrected chi connectivity index (χ3v) is 7.16. The number of aromatic amines is 1. The average Bonchev–Trinajstić information content (AvgIpc) is 3.47. The van der Waals surface area contributed by atoms with Gasteiger partial charge in [-0.05, 0) is 37.7 Å². The molecule has 2 atom stereocenters. The lowest BCUT2D eigenvalue weighted by Crippen LogP contribution is -2.24. The minimum absolute atomic E-state index is 0.119. The second-order valence-electron chi connectivity index (χ2n) is 9.59. The number of rotatable bonds is 5. The Kier molecular flexibility index (Phi) is 5.02. The Morgan fingerprint density at radius 2 is 1.97 bits per heavy atom. The third-order valence-electron chi connectivity index (χ3n) is 7.16. The fourth-order valence-electron chi connectivity index (χ4n) is 5.18. The number of ether oxygens (including phenoxy) is 1. The van der Waals surface area contributed by atoms with Gasteiger partial charge in [-0.3, -0.25) is 9.69 Å². The van der Waals surface area contributed by atoms with Crippen molar-refractivity contribution in [2.45, 2.75) is 56.9 Å². The maximum absolute atomic E-state index is 12.8. The van der Waals surface area contributed by atoms with Crippen LogP contribution in [0, 0.1) is 5.92 Å². The summed E-state index contributed by atoms with van der Waals surface area (Å²) in [6.07, 6.45) is 7.84. The molecule has 5 heterocycles. The normalized spacial score (nSPS) is 25.0. The maximum atomic E-state index is 12.8. The summed E-state index contributed by atoms with van der Waals surface area (Å²) in [5.41, 5.74) is 1.57. The molecule has 1 N–H and O–H groups in total. The number of fused-ring (bicyclic) bond motifs is 1. The van der Waals surface area contributed by atoms with E-state index in [0.29, 0.717) is 17.4 Å². The number of aromatic nitrogens is 6. The van der Waals surface area contributed by atoms with Gasteiger partial charge in [0.25, 0.3) is 5.56 Å². The molecule has 32 heavy (non-hydrogen) atoms. The van der Waals surface area contributed by atoms with Gasteiger partial charge in [0.2, 0.25) is 0 Å². The summed E-state index contributed by atoms with van der Waals surface area (Å²) < 4.78 is 7.28. The van der Waals surface area contributed by atoms with Crippen LogP contribution in [-0.4, -0.2) is 60.8 Å². The Morgan fingerprint density at radius 3 is 2.78 bits per heavy atom. The summed E-state index contributed by atoms with van der Waals surface area (Å²) in [4.78, 5) is 32.1. The summed E-state index contributed by atoms with van der Waals surface area (Å²) in [6, 6.07) is 2.04. The zero-order valence-electron chi connectivity index (χ0n) is 18.4. The molecule has 0 spiro atoms. The lowest BCUT2D eigenvalue weighted by atomic mass is 9.97. The highest BCUT2D eigenvalue weighted by atomic mass is 16.5. The summed E-state index contributed by atoms with van der Waals surface area (Å²) >= 11 is 0. The van der Waals surface area contributed by atoms with Crippen molar-refractivity contribution >= 4 is 5.52 Å². The van der Waals surface area contributed by atoms with Crippen LogP contribution >= 0.6 is 0 Å². The Hall–Kier alpha value is -2.65. The minimum atomic E-state index is -0.119. The number of H-pyrrole nitrogens is 1. The van der Waals surface area contributed by atoms with Crippen LogP contribution in [0.25, 0.3) is 5.52 Å². The smallest absolute Gasteiger partial charge is 0.276 e.